The molecule has 1 aliphatic heterocycles. The first-order valence-corrected chi connectivity index (χ1v) is 11.7. The van der Waals surface area contributed by atoms with Gasteiger partial charge in [0, 0.05) is 19.1 Å². The minimum absolute atomic E-state index is 0.0754. The zero-order chi connectivity index (χ0) is 27.5. The van der Waals surface area contributed by atoms with Crippen LogP contribution in [0.15, 0.2) is 42.5 Å². The summed E-state index contributed by atoms with van der Waals surface area (Å²) < 4.78 is 5.35. The number of ether oxygens (including phenoxy) is 1. The maximum absolute atomic E-state index is 12.0. The van der Waals surface area contributed by atoms with Crippen molar-refractivity contribution >= 4 is 23.6 Å². The van der Waals surface area contributed by atoms with E-state index in [1.54, 1.807) is 12.1 Å². The third-order valence-corrected chi connectivity index (χ3v) is 5.51. The third kappa shape index (κ3) is 8.57. The summed E-state index contributed by atoms with van der Waals surface area (Å²) in [6.07, 6.45) is -2.10. The van der Waals surface area contributed by atoms with Crippen molar-refractivity contribution < 1.29 is 39.5 Å². The van der Waals surface area contributed by atoms with Crippen LogP contribution in [0.4, 0.5) is 5.69 Å². The number of nitrogens with two attached hydrogens (primary N) is 1. The van der Waals surface area contributed by atoms with Gasteiger partial charge in [0.25, 0.3) is 0 Å². The van der Waals surface area contributed by atoms with E-state index in [1.807, 2.05) is 31.2 Å². The number of aliphatic carboxylic acids is 2. The number of benzene rings is 2. The zero-order valence-electron chi connectivity index (χ0n) is 20.4. The summed E-state index contributed by atoms with van der Waals surface area (Å²) in [5.41, 5.74) is 10.5. The van der Waals surface area contributed by atoms with Crippen molar-refractivity contribution in [3.8, 4) is 6.07 Å². The molecule has 3 atom stereocenters. The van der Waals surface area contributed by atoms with Gasteiger partial charge in [-0.25, -0.2) is 14.4 Å². The number of carboxylic acid groups (broad SMARTS) is 2. The Kier molecular flexibility index (Phi) is 11.0. The van der Waals surface area contributed by atoms with Gasteiger partial charge in [-0.15, -0.1) is 0 Å². The fourth-order valence-corrected chi connectivity index (χ4v) is 3.84. The van der Waals surface area contributed by atoms with Gasteiger partial charge in [0.05, 0.1) is 23.4 Å². The Morgan fingerprint density at radius 3 is 2.27 bits per heavy atom. The molecule has 37 heavy (non-hydrogen) atoms. The van der Waals surface area contributed by atoms with E-state index in [9.17, 15) is 19.6 Å². The predicted molar refractivity (Wildman–Crippen MR) is 133 cm³/mol. The molecule has 0 amide bonds. The Morgan fingerprint density at radius 2 is 1.73 bits per heavy atom. The largest absolute Gasteiger partial charge is 0.479 e. The van der Waals surface area contributed by atoms with Gasteiger partial charge >= 0.3 is 17.9 Å². The van der Waals surface area contributed by atoms with Gasteiger partial charge < -0.3 is 35.8 Å². The molecule has 11 nitrogen and oxygen atoms in total. The maximum Gasteiger partial charge on any atom is 0.338 e. The van der Waals surface area contributed by atoms with E-state index >= 15 is 0 Å². The average molecular weight is 514 g/mol. The molecule has 11 heteroatoms. The summed E-state index contributed by atoms with van der Waals surface area (Å²) in [5, 5.41) is 42.1. The second kappa shape index (κ2) is 13.9. The Labute approximate surface area is 214 Å². The molecule has 2 aromatic carbocycles. The predicted octanol–water partition coefficient (Wildman–Crippen LogP) is 0.935. The molecule has 0 saturated heterocycles. The minimum Gasteiger partial charge on any atom is -0.479 e. The lowest BCUT2D eigenvalue weighted by Gasteiger charge is -2.21. The second-order valence-corrected chi connectivity index (χ2v) is 8.60. The highest BCUT2D eigenvalue weighted by molar-refractivity contribution is 5.89. The van der Waals surface area contributed by atoms with Crippen LogP contribution in [0.1, 0.15) is 40.4 Å². The van der Waals surface area contributed by atoms with Crippen molar-refractivity contribution in [2.24, 2.45) is 5.73 Å². The Hall–Kier alpha value is -3.98. The first kappa shape index (κ1) is 29.3. The number of aliphatic hydroxyl groups is 2. The van der Waals surface area contributed by atoms with Crippen molar-refractivity contribution in [1.29, 1.82) is 5.26 Å². The van der Waals surface area contributed by atoms with Gasteiger partial charge in [-0.1, -0.05) is 24.3 Å². The first-order valence-electron chi connectivity index (χ1n) is 11.7. The van der Waals surface area contributed by atoms with Crippen LogP contribution < -0.4 is 10.6 Å². The topological polar surface area (TPSA) is 194 Å². The molecule has 0 saturated carbocycles. The minimum atomic E-state index is -2.27. The molecule has 2 aromatic rings. The van der Waals surface area contributed by atoms with Crippen molar-refractivity contribution in [3.05, 3.63) is 64.7 Å². The highest BCUT2D eigenvalue weighted by Gasteiger charge is 2.29. The molecule has 6 N–H and O–H groups in total. The number of hydrogen-bond acceptors (Lipinski definition) is 9. The number of fused-ring (bicyclic) bond motifs is 1. The van der Waals surface area contributed by atoms with E-state index < -0.39 is 24.1 Å². The molecule has 0 aromatic heterocycles. The number of nitrogens with zero attached hydrogens (tertiary/aromatic N) is 2. The molecule has 0 fully saturated rings. The maximum atomic E-state index is 12.0. The molecule has 1 heterocycles. The van der Waals surface area contributed by atoms with Gasteiger partial charge in [-0.2, -0.15) is 5.26 Å². The van der Waals surface area contributed by atoms with Crippen molar-refractivity contribution in [2.75, 3.05) is 24.6 Å². The third-order valence-electron chi connectivity index (χ3n) is 5.51. The van der Waals surface area contributed by atoms with Crippen LogP contribution >= 0.6 is 0 Å². The van der Waals surface area contributed by atoms with Crippen LogP contribution in [-0.2, 0) is 27.2 Å². The molecule has 198 valence electrons. The van der Waals surface area contributed by atoms with Gasteiger partial charge in [0.2, 0.25) is 0 Å². The van der Waals surface area contributed by atoms with E-state index in [2.05, 4.69) is 17.0 Å². The van der Waals surface area contributed by atoms with Crippen LogP contribution in [0, 0.1) is 11.3 Å². The summed E-state index contributed by atoms with van der Waals surface area (Å²) in [5.74, 6) is -3.83. The van der Waals surface area contributed by atoms with Gasteiger partial charge in [-0.3, -0.25) is 0 Å². The van der Waals surface area contributed by atoms with E-state index in [0.717, 1.165) is 43.6 Å². The molecule has 0 aliphatic carbocycles. The lowest BCUT2D eigenvalue weighted by atomic mass is 9.99. The molecule has 1 aliphatic rings. The monoisotopic (exact) mass is 513 g/mol. The van der Waals surface area contributed by atoms with Gasteiger partial charge in [-0.05, 0) is 55.5 Å². The Bertz CT molecular complexity index is 1110. The van der Waals surface area contributed by atoms with Gasteiger partial charge in [0.1, 0.15) is 6.07 Å². The SMILES string of the molecule is CC(N)Cc1cc(C#N)c2c(c1)CCN2CCCOC(=O)c1ccccc1.O=C(O)C(O)[C@@H](O)C(=O)O. The number of aliphatic hydroxyl groups excluding tert-OH is 2. The molecule has 0 radical (unpaired) electrons. The molecular formula is C26H31N3O8. The summed E-state index contributed by atoms with van der Waals surface area (Å²) in [6.45, 7) is 3.99. The fourth-order valence-electron chi connectivity index (χ4n) is 3.84. The molecule has 0 spiro atoms. The summed E-state index contributed by atoms with van der Waals surface area (Å²) in [4.78, 5) is 33.7. The normalized spacial score (nSPS) is 14.3. The number of rotatable bonds is 10. The lowest BCUT2D eigenvalue weighted by molar-refractivity contribution is -0.165. The van der Waals surface area contributed by atoms with Crippen LogP contribution in [0.5, 0.6) is 0 Å². The Balaban J connectivity index is 0.000000410. The zero-order valence-corrected chi connectivity index (χ0v) is 20.4. The fraction of sp³-hybridized carbons (Fsp3) is 0.385. The number of anilines is 1. The number of nitriles is 1. The average Bonchev–Trinajstić information content (AvgIpc) is 3.28. The quantitative estimate of drug-likeness (QED) is 0.224. The molecule has 2 unspecified atom stereocenters. The molecule has 3 rings (SSSR count). The summed E-state index contributed by atoms with van der Waals surface area (Å²) in [6, 6.07) is 15.5. The van der Waals surface area contributed by atoms with E-state index in [0.29, 0.717) is 17.7 Å². The van der Waals surface area contributed by atoms with Crippen molar-refractivity contribution in [1.82, 2.24) is 0 Å². The van der Waals surface area contributed by atoms with E-state index in [-0.39, 0.29) is 12.0 Å². The smallest absolute Gasteiger partial charge is 0.338 e. The van der Waals surface area contributed by atoms with E-state index in [1.165, 1.54) is 5.56 Å². The van der Waals surface area contributed by atoms with Crippen LogP contribution in [-0.4, -0.2) is 76.3 Å². The first-order chi connectivity index (χ1) is 17.5. The van der Waals surface area contributed by atoms with E-state index in [4.69, 9.17) is 30.9 Å². The molecule has 0 bridgehead atoms. The Morgan fingerprint density at radius 1 is 1.11 bits per heavy atom. The summed E-state index contributed by atoms with van der Waals surface area (Å²) >= 11 is 0. The standard InChI is InChI=1S/C22H25N3O2.C4H6O6/c1-16(24)12-17-13-19-8-10-25(21(19)20(14-17)15-23)9-5-11-27-22(26)18-6-3-2-4-7-18;5-1(3(7)8)2(6)4(9)10/h2-4,6-7,13-14,16H,5,8-12,24H2,1H3;1-2,5-6H,(H,7,8)(H,9,10)/t;1-,2?/m.1/s1. The number of carboxylic acids is 2. The van der Waals surface area contributed by atoms with Gasteiger partial charge in [0.15, 0.2) is 12.2 Å². The number of esters is 1. The molecular weight excluding hydrogens is 482 g/mol. The number of carbonyl (C=O) groups excluding carboxylic acids is 1. The summed E-state index contributed by atoms with van der Waals surface area (Å²) in [7, 11) is 0. The lowest BCUT2D eigenvalue weighted by Crippen LogP contribution is -2.39. The number of carbonyl (C=O) groups is 3. The second-order valence-electron chi connectivity index (χ2n) is 8.60. The van der Waals surface area contributed by atoms with Crippen LogP contribution in [0.2, 0.25) is 0 Å². The van der Waals surface area contributed by atoms with Crippen LogP contribution in [0.25, 0.3) is 0 Å². The highest BCUT2D eigenvalue weighted by atomic mass is 16.5. The highest BCUT2D eigenvalue weighted by Crippen LogP contribution is 2.33. The van der Waals surface area contributed by atoms with Crippen LogP contribution in [0.3, 0.4) is 0 Å². The van der Waals surface area contributed by atoms with Crippen molar-refractivity contribution in [3.63, 3.8) is 0 Å². The van der Waals surface area contributed by atoms with Crippen molar-refractivity contribution in [2.45, 2.75) is 44.4 Å². The number of hydrogen-bond donors (Lipinski definition) is 5.